The van der Waals surface area contributed by atoms with Crippen LogP contribution in [0.25, 0.3) is 11.3 Å². The number of ether oxygens (including phenoxy) is 1. The summed E-state index contributed by atoms with van der Waals surface area (Å²) in [4.78, 5) is 2.35. The summed E-state index contributed by atoms with van der Waals surface area (Å²) in [5.74, 6) is 1.59. The minimum atomic E-state index is -0.891. The van der Waals surface area contributed by atoms with Gasteiger partial charge < -0.3 is 10.1 Å². The minimum Gasteiger partial charge on any atom is -0.457 e. The van der Waals surface area contributed by atoms with Gasteiger partial charge in [0.25, 0.3) is 0 Å². The van der Waals surface area contributed by atoms with E-state index in [-0.39, 0.29) is 6.04 Å². The Labute approximate surface area is 182 Å². The molecule has 1 aromatic heterocycles. The number of hydrogen-bond acceptors (Lipinski definition) is 4. The van der Waals surface area contributed by atoms with Crippen LogP contribution in [0.2, 0.25) is 0 Å². The van der Waals surface area contributed by atoms with Crippen LogP contribution in [-0.4, -0.2) is 53.1 Å². The molecule has 0 saturated carbocycles. The normalized spacial score (nSPS) is 23.0. The topological polar surface area (TPSA) is 42.3 Å². The summed E-state index contributed by atoms with van der Waals surface area (Å²) in [7, 11) is 0. The van der Waals surface area contributed by atoms with Gasteiger partial charge in [-0.25, -0.2) is 4.39 Å². The van der Waals surface area contributed by atoms with Crippen molar-refractivity contribution < 1.29 is 9.13 Å². The van der Waals surface area contributed by atoms with Crippen LogP contribution in [0.4, 0.5) is 4.39 Å². The van der Waals surface area contributed by atoms with Crippen molar-refractivity contribution >= 4 is 0 Å². The average molecular weight is 421 g/mol. The van der Waals surface area contributed by atoms with E-state index < -0.39 is 6.17 Å². The van der Waals surface area contributed by atoms with E-state index in [1.165, 1.54) is 0 Å². The molecule has 0 amide bonds. The van der Waals surface area contributed by atoms with E-state index in [4.69, 9.17) is 9.84 Å². The first kappa shape index (κ1) is 20.2. The second kappa shape index (κ2) is 9.20. The smallest absolute Gasteiger partial charge is 0.135 e. The van der Waals surface area contributed by atoms with E-state index in [0.29, 0.717) is 12.6 Å². The number of aromatic nitrogens is 2. The number of likely N-dealkylation sites (tertiary alicyclic amines) is 1. The number of nitrogens with zero attached hydrogens (tertiary/aromatic N) is 3. The first-order chi connectivity index (χ1) is 15.3. The average Bonchev–Trinajstić information content (AvgIpc) is 3.31. The van der Waals surface area contributed by atoms with Gasteiger partial charge in [-0.15, -0.1) is 0 Å². The van der Waals surface area contributed by atoms with Gasteiger partial charge in [0, 0.05) is 30.9 Å². The van der Waals surface area contributed by atoms with Gasteiger partial charge in [-0.3, -0.25) is 9.58 Å². The highest BCUT2D eigenvalue weighted by atomic mass is 19.1. The zero-order valence-electron chi connectivity index (χ0n) is 17.7. The molecule has 0 spiro atoms. The Kier molecular flexibility index (Phi) is 6.00. The fourth-order valence-corrected chi connectivity index (χ4v) is 4.71. The predicted octanol–water partition coefficient (Wildman–Crippen LogP) is 4.68. The molecular weight excluding hydrogens is 391 g/mol. The van der Waals surface area contributed by atoms with E-state index in [1.807, 2.05) is 71.5 Å². The lowest BCUT2D eigenvalue weighted by atomic mass is 9.97. The van der Waals surface area contributed by atoms with Gasteiger partial charge in [0.1, 0.15) is 17.7 Å². The Balaban J connectivity index is 1.23. The number of rotatable bonds is 5. The number of alkyl halides is 1. The molecule has 2 aliphatic heterocycles. The lowest BCUT2D eigenvalue weighted by Crippen LogP contribution is -2.50. The zero-order valence-corrected chi connectivity index (χ0v) is 17.7. The molecule has 2 aliphatic rings. The van der Waals surface area contributed by atoms with Crippen LogP contribution < -0.4 is 10.1 Å². The standard InChI is InChI=1S/C25H29FN4O/c26-23-18-29(20-10-14-27-15-11-20)16-13-25(23)30-17-12-24(28-30)19-6-8-22(9-7-19)31-21-4-2-1-3-5-21/h1-9,12,17,20,23,25,27H,10-11,13-16,18H2. The third kappa shape index (κ3) is 4.65. The Morgan fingerprint density at radius 2 is 1.65 bits per heavy atom. The number of benzene rings is 2. The van der Waals surface area contributed by atoms with Gasteiger partial charge in [0.2, 0.25) is 0 Å². The molecule has 2 fully saturated rings. The highest BCUT2D eigenvalue weighted by molar-refractivity contribution is 5.59. The van der Waals surface area contributed by atoms with Crippen LogP contribution in [0.3, 0.4) is 0 Å². The van der Waals surface area contributed by atoms with Gasteiger partial charge in [0.05, 0.1) is 11.7 Å². The summed E-state index contributed by atoms with van der Waals surface area (Å²) in [6, 6.07) is 19.9. The third-order valence-electron chi connectivity index (χ3n) is 6.44. The predicted molar refractivity (Wildman–Crippen MR) is 120 cm³/mol. The molecule has 2 unspecified atom stereocenters. The molecule has 6 heteroatoms. The van der Waals surface area contributed by atoms with Gasteiger partial charge >= 0.3 is 0 Å². The maximum atomic E-state index is 15.1. The van der Waals surface area contributed by atoms with E-state index in [1.54, 1.807) is 0 Å². The van der Waals surface area contributed by atoms with Crippen LogP contribution in [-0.2, 0) is 0 Å². The number of hydrogen-bond donors (Lipinski definition) is 1. The molecule has 3 heterocycles. The molecular formula is C25H29FN4O. The molecule has 3 aromatic rings. The van der Waals surface area contributed by atoms with Crippen molar-refractivity contribution in [3.05, 3.63) is 66.9 Å². The van der Waals surface area contributed by atoms with Crippen molar-refractivity contribution in [2.24, 2.45) is 0 Å². The molecule has 2 atom stereocenters. The molecule has 2 aromatic carbocycles. The van der Waals surface area contributed by atoms with Crippen molar-refractivity contribution in [1.29, 1.82) is 0 Å². The van der Waals surface area contributed by atoms with Crippen molar-refractivity contribution in [2.75, 3.05) is 26.2 Å². The van der Waals surface area contributed by atoms with Gasteiger partial charge in [-0.2, -0.15) is 5.10 Å². The number of nitrogens with one attached hydrogen (secondary N) is 1. The first-order valence-electron chi connectivity index (χ1n) is 11.2. The van der Waals surface area contributed by atoms with E-state index >= 15 is 4.39 Å². The quantitative estimate of drug-likeness (QED) is 0.651. The molecule has 1 N–H and O–H groups in total. The highest BCUT2D eigenvalue weighted by Crippen LogP contribution is 2.30. The molecule has 31 heavy (non-hydrogen) atoms. The van der Waals surface area contributed by atoms with Crippen LogP contribution in [0.5, 0.6) is 11.5 Å². The minimum absolute atomic E-state index is 0.188. The van der Waals surface area contributed by atoms with E-state index in [2.05, 4.69) is 10.2 Å². The first-order valence-corrected chi connectivity index (χ1v) is 11.2. The molecule has 0 aliphatic carbocycles. The second-order valence-electron chi connectivity index (χ2n) is 8.47. The number of piperidine rings is 2. The molecule has 0 bridgehead atoms. The lowest BCUT2D eigenvalue weighted by molar-refractivity contribution is 0.0459. The third-order valence-corrected chi connectivity index (χ3v) is 6.44. The van der Waals surface area contributed by atoms with E-state index in [9.17, 15) is 0 Å². The Hall–Kier alpha value is -2.70. The summed E-state index contributed by atoms with van der Waals surface area (Å²) in [6.07, 6.45) is 4.07. The Morgan fingerprint density at radius 3 is 2.39 bits per heavy atom. The van der Waals surface area contributed by atoms with Crippen molar-refractivity contribution in [1.82, 2.24) is 20.0 Å². The summed E-state index contributed by atoms with van der Waals surface area (Å²) in [5, 5.41) is 8.10. The second-order valence-corrected chi connectivity index (χ2v) is 8.47. The molecule has 2 saturated heterocycles. The van der Waals surface area contributed by atoms with Crippen LogP contribution in [0.1, 0.15) is 25.3 Å². The molecule has 0 radical (unpaired) electrons. The number of para-hydroxylation sites is 1. The maximum absolute atomic E-state index is 15.1. The number of halogens is 1. The lowest BCUT2D eigenvalue weighted by Gasteiger charge is -2.41. The fraction of sp³-hybridized carbons (Fsp3) is 0.400. The zero-order chi connectivity index (χ0) is 21.0. The van der Waals surface area contributed by atoms with Crippen molar-refractivity contribution in [2.45, 2.75) is 37.5 Å². The largest absolute Gasteiger partial charge is 0.457 e. The van der Waals surface area contributed by atoms with E-state index in [0.717, 1.165) is 61.7 Å². The molecule has 5 nitrogen and oxygen atoms in total. The van der Waals surface area contributed by atoms with Crippen LogP contribution in [0.15, 0.2) is 66.9 Å². The summed E-state index contributed by atoms with van der Waals surface area (Å²) >= 11 is 0. The monoisotopic (exact) mass is 420 g/mol. The molecule has 162 valence electrons. The van der Waals surface area contributed by atoms with Crippen molar-refractivity contribution in [3.63, 3.8) is 0 Å². The highest BCUT2D eigenvalue weighted by Gasteiger charge is 2.34. The SMILES string of the molecule is FC1CN(C2CCNCC2)CCC1n1ccc(-c2ccc(Oc3ccccc3)cc2)n1. The Morgan fingerprint density at radius 1 is 0.903 bits per heavy atom. The van der Waals surface area contributed by atoms with Gasteiger partial charge in [-0.1, -0.05) is 18.2 Å². The Bertz CT molecular complexity index is 969. The van der Waals surface area contributed by atoms with Crippen LogP contribution in [0, 0.1) is 0 Å². The van der Waals surface area contributed by atoms with Gasteiger partial charge in [0.15, 0.2) is 0 Å². The summed E-state index contributed by atoms with van der Waals surface area (Å²) < 4.78 is 22.8. The van der Waals surface area contributed by atoms with Gasteiger partial charge in [-0.05, 0) is 74.8 Å². The summed E-state index contributed by atoms with van der Waals surface area (Å²) in [5.41, 5.74) is 1.86. The van der Waals surface area contributed by atoms with Crippen molar-refractivity contribution in [3.8, 4) is 22.8 Å². The fourth-order valence-electron chi connectivity index (χ4n) is 4.71. The molecule has 5 rings (SSSR count). The summed E-state index contributed by atoms with van der Waals surface area (Å²) in [6.45, 7) is 3.53. The van der Waals surface area contributed by atoms with Crippen LogP contribution >= 0.6 is 0 Å². The maximum Gasteiger partial charge on any atom is 0.135 e.